The van der Waals surface area contributed by atoms with Crippen molar-refractivity contribution in [2.45, 2.75) is 0 Å². The molecule has 0 bridgehead atoms. The van der Waals surface area contributed by atoms with Gasteiger partial charge in [-0.1, -0.05) is 194 Å². The zero-order valence-electron chi connectivity index (χ0n) is 55.1. The van der Waals surface area contributed by atoms with Crippen LogP contribution in [0.15, 0.2) is 341 Å². The monoisotopic (exact) mass is 1310 g/mol. The molecule has 9 aromatic heterocycles. The standard InChI is InChI=1S/C48H27N3O2.C46H27N3O/c1-2-10-37-33(7-1)39-24-32(41-25-30(19-21-49-41)29-13-16-36-34-8-3-5-11-42(34)53-45(36)26-29)14-17-38(39)48-47(37)50-46-27-31(20-22-51(46)48)28-15-18-44-40(23-28)35-9-4-6-12-43(35)52-44;1-2-10-33-28(8-1)9-7-14-34(33)32-17-20-41(47-27-32)31-16-19-38-39(25-31)35-11-3-4-13-37(35)45-46(38)49-23-22-30(26-44(49)48-45)29-18-21-43-40(24-29)36-12-5-6-15-42(36)50-43/h1-27H;1-27H. The Kier molecular flexibility index (Phi) is 12.3. The topological polar surface area (TPSA) is 99.8 Å². The number of imidazole rings is 2. The van der Waals surface area contributed by atoms with Crippen molar-refractivity contribution >= 4 is 153 Å². The summed E-state index contributed by atoms with van der Waals surface area (Å²) >= 11 is 0. The first-order valence-electron chi connectivity index (χ1n) is 34.7. The fourth-order valence-corrected chi connectivity index (χ4v) is 16.1. The Balaban J connectivity index is 0.000000130. The molecule has 0 fully saturated rings. The number of rotatable bonds is 6. The highest BCUT2D eigenvalue weighted by Crippen LogP contribution is 2.43. The maximum absolute atomic E-state index is 6.21. The molecule has 0 amide bonds. The van der Waals surface area contributed by atoms with E-state index in [1.54, 1.807) is 0 Å². The van der Waals surface area contributed by atoms with Gasteiger partial charge in [0.2, 0.25) is 0 Å². The predicted octanol–water partition coefficient (Wildman–Crippen LogP) is 25.2. The lowest BCUT2D eigenvalue weighted by atomic mass is 9.96. The number of nitrogens with zero attached hydrogens (tertiary/aromatic N) is 6. The van der Waals surface area contributed by atoms with Crippen LogP contribution in [-0.4, -0.2) is 28.7 Å². The van der Waals surface area contributed by atoms with E-state index in [1.165, 1.54) is 43.3 Å². The Bertz CT molecular complexity index is 7510. The first-order valence-corrected chi connectivity index (χ1v) is 34.7. The van der Waals surface area contributed by atoms with Gasteiger partial charge in [0, 0.05) is 95.3 Å². The molecule has 103 heavy (non-hydrogen) atoms. The number of hydrogen-bond acceptors (Lipinski definition) is 7. The zero-order valence-corrected chi connectivity index (χ0v) is 55.1. The molecule has 0 N–H and O–H groups in total. The van der Waals surface area contributed by atoms with Crippen molar-refractivity contribution in [3.63, 3.8) is 0 Å². The van der Waals surface area contributed by atoms with Crippen molar-refractivity contribution in [1.29, 1.82) is 0 Å². The van der Waals surface area contributed by atoms with Gasteiger partial charge in [0.05, 0.1) is 33.5 Å². The third kappa shape index (κ3) is 8.99. The van der Waals surface area contributed by atoms with E-state index in [0.29, 0.717) is 0 Å². The molecule has 0 saturated heterocycles. The van der Waals surface area contributed by atoms with Crippen molar-refractivity contribution < 1.29 is 13.3 Å². The van der Waals surface area contributed by atoms with Gasteiger partial charge in [-0.05, 0) is 180 Å². The molecule has 23 rings (SSSR count). The Labute approximate surface area is 586 Å². The Morgan fingerprint density at radius 2 is 0.650 bits per heavy atom. The second kappa shape index (κ2) is 22.2. The van der Waals surface area contributed by atoms with Crippen LogP contribution in [0.25, 0.3) is 220 Å². The van der Waals surface area contributed by atoms with Crippen molar-refractivity contribution in [3.05, 3.63) is 328 Å². The third-order valence-electron chi connectivity index (χ3n) is 21.1. The molecule has 9 heterocycles. The van der Waals surface area contributed by atoms with Crippen LogP contribution in [0.4, 0.5) is 0 Å². The van der Waals surface area contributed by atoms with E-state index in [-0.39, 0.29) is 0 Å². The summed E-state index contributed by atoms with van der Waals surface area (Å²) in [7, 11) is 0. The molecule has 9 nitrogen and oxygen atoms in total. The predicted molar refractivity (Wildman–Crippen MR) is 423 cm³/mol. The number of aromatic nitrogens is 6. The van der Waals surface area contributed by atoms with Crippen molar-refractivity contribution in [2.75, 3.05) is 0 Å². The minimum atomic E-state index is 0.885. The summed E-state index contributed by atoms with van der Waals surface area (Å²) in [6.45, 7) is 0. The van der Waals surface area contributed by atoms with Crippen LogP contribution in [0.5, 0.6) is 0 Å². The highest BCUT2D eigenvalue weighted by atomic mass is 16.3. The number of pyridine rings is 4. The second-order valence-electron chi connectivity index (χ2n) is 26.8. The average molecular weight is 1320 g/mol. The van der Waals surface area contributed by atoms with E-state index in [1.807, 2.05) is 48.8 Å². The van der Waals surface area contributed by atoms with E-state index in [4.69, 9.17) is 33.2 Å². The smallest absolute Gasteiger partial charge is 0.138 e. The molecule has 0 saturated carbocycles. The van der Waals surface area contributed by atoms with Gasteiger partial charge in [-0.2, -0.15) is 0 Å². The summed E-state index contributed by atoms with van der Waals surface area (Å²) in [6, 6.07) is 107. The van der Waals surface area contributed by atoms with Gasteiger partial charge in [0.1, 0.15) is 44.8 Å². The van der Waals surface area contributed by atoms with Gasteiger partial charge in [0.25, 0.3) is 0 Å². The van der Waals surface area contributed by atoms with Crippen LogP contribution in [0.3, 0.4) is 0 Å². The molecule has 9 heteroatoms. The average Bonchev–Trinajstić information content (AvgIpc) is 1.62. The lowest BCUT2D eigenvalue weighted by Crippen LogP contribution is -1.90. The van der Waals surface area contributed by atoms with E-state index < -0.39 is 0 Å². The maximum atomic E-state index is 6.21. The van der Waals surface area contributed by atoms with E-state index in [0.717, 1.165) is 177 Å². The first-order chi connectivity index (χ1) is 51.0. The quantitative estimate of drug-likeness (QED) is 0.153. The summed E-state index contributed by atoms with van der Waals surface area (Å²) < 4.78 is 22.9. The normalized spacial score (nSPS) is 12.1. The summed E-state index contributed by atoms with van der Waals surface area (Å²) in [5.74, 6) is 0. The number of furan rings is 3. The van der Waals surface area contributed by atoms with Crippen molar-refractivity contribution in [1.82, 2.24) is 28.7 Å². The summed E-state index contributed by atoms with van der Waals surface area (Å²) in [4.78, 5) is 20.3. The number of hydrogen-bond donors (Lipinski definition) is 0. The van der Waals surface area contributed by atoms with E-state index in [9.17, 15) is 0 Å². The molecule has 0 aliphatic heterocycles. The summed E-state index contributed by atoms with van der Waals surface area (Å²) in [5.41, 5.74) is 24.4. The van der Waals surface area contributed by atoms with Crippen LogP contribution in [0.1, 0.15) is 0 Å². The van der Waals surface area contributed by atoms with Gasteiger partial charge in [-0.3, -0.25) is 18.8 Å². The van der Waals surface area contributed by atoms with Crippen LogP contribution in [0.2, 0.25) is 0 Å². The highest BCUT2D eigenvalue weighted by Gasteiger charge is 2.21. The van der Waals surface area contributed by atoms with Gasteiger partial charge >= 0.3 is 0 Å². The molecule has 0 radical (unpaired) electrons. The van der Waals surface area contributed by atoms with Crippen molar-refractivity contribution in [2.24, 2.45) is 0 Å². The second-order valence-corrected chi connectivity index (χ2v) is 26.8. The van der Waals surface area contributed by atoms with Gasteiger partial charge < -0.3 is 13.3 Å². The van der Waals surface area contributed by atoms with E-state index >= 15 is 0 Å². The van der Waals surface area contributed by atoms with Gasteiger partial charge in [-0.15, -0.1) is 0 Å². The lowest BCUT2D eigenvalue weighted by Gasteiger charge is -2.11. The molecule has 0 aliphatic rings. The zero-order chi connectivity index (χ0) is 67.4. The van der Waals surface area contributed by atoms with Crippen LogP contribution in [-0.2, 0) is 0 Å². The van der Waals surface area contributed by atoms with Crippen molar-refractivity contribution in [3.8, 4) is 67.0 Å². The van der Waals surface area contributed by atoms with Crippen LogP contribution < -0.4 is 0 Å². The Morgan fingerprint density at radius 1 is 0.233 bits per heavy atom. The van der Waals surface area contributed by atoms with Gasteiger partial charge in [-0.25, -0.2) is 9.97 Å². The van der Waals surface area contributed by atoms with E-state index in [2.05, 4.69) is 288 Å². The number of para-hydroxylation sites is 3. The molecule has 0 atom stereocenters. The lowest BCUT2D eigenvalue weighted by molar-refractivity contribution is 0.668. The molecule has 14 aromatic carbocycles. The van der Waals surface area contributed by atoms with Crippen LogP contribution in [0, 0.1) is 0 Å². The SMILES string of the molecule is c1ccc2c(-c3ccc(-c4ccc5c(c4)c4ccccc4c4nc6cc(-c7ccc8oc9ccccc9c8c7)ccn6c54)nc3)cccc2c1.c1ccc2c(c1)oc1cc(-c3ccnc(-c4ccc5c(c4)c4ccccc4c4nc6cc(-c7ccc8oc9ccccc9c8c7)ccn6c54)c3)ccc12. The van der Waals surface area contributed by atoms with Crippen LogP contribution >= 0.6 is 0 Å². The summed E-state index contributed by atoms with van der Waals surface area (Å²) in [6.07, 6.45) is 8.21. The molecule has 23 aromatic rings. The fourth-order valence-electron chi connectivity index (χ4n) is 16.1. The molecule has 0 spiro atoms. The minimum absolute atomic E-state index is 0.885. The molecular weight excluding hydrogens is 1260 g/mol. The maximum Gasteiger partial charge on any atom is 0.138 e. The minimum Gasteiger partial charge on any atom is -0.456 e. The molecule has 0 aliphatic carbocycles. The fraction of sp³-hybridized carbons (Fsp3) is 0. The first kappa shape index (κ1) is 56.9. The number of fused-ring (bicyclic) bond motifs is 26. The Hall–Kier alpha value is -14.0. The largest absolute Gasteiger partial charge is 0.456 e. The molecule has 0 unspecified atom stereocenters. The number of benzene rings is 14. The molecule has 478 valence electrons. The Morgan fingerprint density at radius 3 is 1.23 bits per heavy atom. The summed E-state index contributed by atoms with van der Waals surface area (Å²) in [5, 5.41) is 18.5. The van der Waals surface area contributed by atoms with Gasteiger partial charge in [0.15, 0.2) is 0 Å². The third-order valence-corrected chi connectivity index (χ3v) is 21.1. The molecular formula is C94H54N6O3. The highest BCUT2D eigenvalue weighted by molar-refractivity contribution is 6.26.